The van der Waals surface area contributed by atoms with E-state index in [0.29, 0.717) is 77.0 Å². The number of alkyl carbamates (subject to hydrolysis) is 2. The molecule has 0 atom stereocenters. The maximum Gasteiger partial charge on any atom is 0.488 e. The molecule has 8 rings (SSSR count). The predicted molar refractivity (Wildman–Crippen MR) is 366 cm³/mol. The number of rotatable bonds is 18. The molecule has 0 fully saturated rings. The average molecular weight is 1320 g/mol. The van der Waals surface area contributed by atoms with Gasteiger partial charge < -0.3 is 38.8 Å². The first-order chi connectivity index (χ1) is 43.8. The fourth-order valence-electron chi connectivity index (χ4n) is 9.47. The molecule has 0 saturated heterocycles. The van der Waals surface area contributed by atoms with Crippen molar-refractivity contribution in [3.63, 3.8) is 0 Å². The highest BCUT2D eigenvalue weighted by Gasteiger charge is 2.27. The quantitative estimate of drug-likeness (QED) is 0.0357. The second kappa shape index (κ2) is 35.0. The van der Waals surface area contributed by atoms with E-state index in [-0.39, 0.29) is 37.9 Å². The molecule has 18 nitrogen and oxygen atoms in total. The summed E-state index contributed by atoms with van der Waals surface area (Å²) in [4.78, 5) is 89.3. The van der Waals surface area contributed by atoms with Gasteiger partial charge >= 0.3 is 31.2 Å². The van der Waals surface area contributed by atoms with Crippen LogP contribution in [0.25, 0.3) is 23.3 Å². The summed E-state index contributed by atoms with van der Waals surface area (Å²) < 4.78 is 22.3. The van der Waals surface area contributed by atoms with Crippen LogP contribution in [0.3, 0.4) is 0 Å². The summed E-state index contributed by atoms with van der Waals surface area (Å²) in [5, 5.41) is 23.4. The van der Waals surface area contributed by atoms with Crippen molar-refractivity contribution < 1.29 is 57.8 Å². The van der Waals surface area contributed by atoms with Gasteiger partial charge in [-0.3, -0.25) is 20.2 Å². The molecule has 0 aromatic heterocycles. The molecule has 2 aliphatic heterocycles. The van der Waals surface area contributed by atoms with Crippen molar-refractivity contribution in [2.75, 3.05) is 26.2 Å². The Morgan fingerprint density at radius 1 is 0.511 bits per heavy atom. The topological polar surface area (TPSA) is 235 Å². The van der Waals surface area contributed by atoms with Gasteiger partial charge in [0.05, 0.1) is 22.5 Å². The van der Waals surface area contributed by atoms with Crippen molar-refractivity contribution in [1.82, 2.24) is 20.4 Å². The SMILES string of the molecule is CCCN(CCC)C(=O)C1=Cc2ccc(-c3ccc(C(=O)OCc4ccccc4)cc3)cc2N=C(NC(=O)OC(C)(C)C)C1.CCCN(CCC)C(=O)C1=Cc2ccc(Br)cc2N=C(NC(=O)OC(C)(C)C)C1.O=C(OCc1ccccc1)c1ccc(B(O)O)cc1. The number of esters is 2. The number of nitrogens with one attached hydrogen (secondary N) is 2. The zero-order valence-corrected chi connectivity index (χ0v) is 55.8. The first kappa shape index (κ1) is 72.1. The lowest BCUT2D eigenvalue weighted by atomic mass is 9.80. The molecule has 20 heteroatoms. The standard InChI is InChI=1S/C36H41N3O5.C22H30BrN3O3.C14H13BO4/c1-6-19-39(20-7-2)33(40)30-21-29-18-17-28(22-31(29)37-32(23-30)38-35(42)44-36(3,4)5)26-13-15-27(16-14-26)34(41)43-24-25-11-9-8-10-12-25;1-6-10-26(11-7-2)20(27)16-12-15-8-9-17(23)14-18(15)24-19(13-16)25-21(28)29-22(3,4)5;16-14(19-10-11-4-2-1-3-5-11)12-6-8-13(9-7-12)15(17)18/h8-18,21-22H,6-7,19-20,23-24H2,1-5H3,(H,37,38,42);8-9,12,14H,6-7,10-11,13H2,1-5H3,(H,24,25,28);1-9,17-18H,10H2. The number of amidine groups is 2. The number of benzene rings is 6. The summed E-state index contributed by atoms with van der Waals surface area (Å²) in [5.74, 6) is -0.208. The molecular weight excluding hydrogens is 1230 g/mol. The van der Waals surface area contributed by atoms with Crippen LogP contribution in [-0.4, -0.2) is 112 Å². The van der Waals surface area contributed by atoms with E-state index in [1.807, 2.05) is 145 Å². The molecule has 0 saturated carbocycles. The number of hydrogen-bond donors (Lipinski definition) is 4. The smallest absolute Gasteiger partial charge is 0.457 e. The molecule has 2 aliphatic rings. The number of carbonyl (C=O) groups excluding carboxylic acids is 6. The fraction of sp³-hybridized carbons (Fsp3) is 0.333. The highest BCUT2D eigenvalue weighted by molar-refractivity contribution is 9.10. The third kappa shape index (κ3) is 23.4. The van der Waals surface area contributed by atoms with E-state index in [1.165, 1.54) is 24.3 Å². The van der Waals surface area contributed by atoms with Gasteiger partial charge in [-0.15, -0.1) is 0 Å². The van der Waals surface area contributed by atoms with Crippen molar-refractivity contribution in [3.8, 4) is 11.1 Å². The van der Waals surface area contributed by atoms with Crippen LogP contribution in [0, 0.1) is 0 Å². The highest BCUT2D eigenvalue weighted by atomic mass is 79.9. The molecule has 2 heterocycles. The maximum absolute atomic E-state index is 13.6. The molecule has 6 aromatic rings. The van der Waals surface area contributed by atoms with Crippen LogP contribution in [-0.2, 0) is 41.8 Å². The molecule has 92 heavy (non-hydrogen) atoms. The van der Waals surface area contributed by atoms with Gasteiger partial charge in [0.1, 0.15) is 36.1 Å². The minimum absolute atomic E-state index is 0.0249. The summed E-state index contributed by atoms with van der Waals surface area (Å²) in [6.07, 6.45) is 6.38. The van der Waals surface area contributed by atoms with Gasteiger partial charge in [-0.25, -0.2) is 29.2 Å². The maximum atomic E-state index is 13.6. The number of carbonyl (C=O) groups is 6. The van der Waals surface area contributed by atoms with Gasteiger partial charge in [-0.1, -0.05) is 147 Å². The van der Waals surface area contributed by atoms with E-state index in [0.717, 1.165) is 63.5 Å². The average Bonchev–Trinajstić information content (AvgIpc) is 1.63. The number of halogens is 1. The first-order valence-electron chi connectivity index (χ1n) is 30.9. The summed E-state index contributed by atoms with van der Waals surface area (Å²) in [6.45, 7) is 22.1. The minimum Gasteiger partial charge on any atom is -0.457 e. The van der Waals surface area contributed by atoms with Crippen LogP contribution >= 0.6 is 15.9 Å². The van der Waals surface area contributed by atoms with Crippen molar-refractivity contribution >= 4 is 99.6 Å². The number of amides is 4. The Bertz CT molecular complexity index is 3610. The summed E-state index contributed by atoms with van der Waals surface area (Å²) in [5.41, 5.74) is 7.50. The first-order valence-corrected chi connectivity index (χ1v) is 31.7. The van der Waals surface area contributed by atoms with Crippen LogP contribution in [0.5, 0.6) is 0 Å². The van der Waals surface area contributed by atoms with E-state index in [2.05, 4.69) is 45.4 Å². The molecule has 6 aromatic carbocycles. The van der Waals surface area contributed by atoms with Crippen molar-refractivity contribution in [1.29, 1.82) is 0 Å². The monoisotopic (exact) mass is 1310 g/mol. The van der Waals surface area contributed by atoms with E-state index >= 15 is 0 Å². The second-order valence-corrected chi connectivity index (χ2v) is 24.7. The zero-order valence-electron chi connectivity index (χ0n) is 54.2. The Labute approximate surface area is 549 Å². The van der Waals surface area contributed by atoms with Crippen LogP contribution in [0.4, 0.5) is 21.0 Å². The minimum atomic E-state index is -1.53. The summed E-state index contributed by atoms with van der Waals surface area (Å²) in [6, 6.07) is 43.6. The van der Waals surface area contributed by atoms with Crippen molar-refractivity contribution in [3.05, 3.63) is 195 Å². The van der Waals surface area contributed by atoms with E-state index < -0.39 is 42.4 Å². The Hall–Kier alpha value is -8.98. The molecule has 0 aliphatic carbocycles. The number of hydrogen-bond acceptors (Lipinski definition) is 14. The Morgan fingerprint density at radius 2 is 0.891 bits per heavy atom. The van der Waals surface area contributed by atoms with Gasteiger partial charge in [-0.05, 0) is 150 Å². The molecule has 4 amide bonds. The molecule has 0 bridgehead atoms. The summed E-state index contributed by atoms with van der Waals surface area (Å²) in [7, 11) is -1.53. The molecule has 0 spiro atoms. The Balaban J connectivity index is 0.000000240. The third-order valence-electron chi connectivity index (χ3n) is 13.6. The van der Waals surface area contributed by atoms with E-state index in [4.69, 9.17) is 34.0 Å². The van der Waals surface area contributed by atoms with Crippen LogP contribution in [0.2, 0.25) is 0 Å². The van der Waals surface area contributed by atoms with Crippen LogP contribution in [0.1, 0.15) is 151 Å². The molecule has 4 N–H and O–H groups in total. The molecule has 0 unspecified atom stereocenters. The van der Waals surface area contributed by atoms with Gasteiger partial charge in [0, 0.05) is 65.8 Å². The van der Waals surface area contributed by atoms with E-state index in [9.17, 15) is 28.8 Å². The van der Waals surface area contributed by atoms with Crippen molar-refractivity contribution in [2.45, 2.75) is 132 Å². The Morgan fingerprint density at radius 3 is 1.28 bits per heavy atom. The van der Waals surface area contributed by atoms with Gasteiger partial charge in [0.2, 0.25) is 11.8 Å². The van der Waals surface area contributed by atoms with Gasteiger partial charge in [0.15, 0.2) is 0 Å². The second-order valence-electron chi connectivity index (χ2n) is 23.8. The molecule has 0 radical (unpaired) electrons. The zero-order chi connectivity index (χ0) is 67.0. The number of ether oxygens (including phenoxy) is 4. The fourth-order valence-corrected chi connectivity index (χ4v) is 9.82. The third-order valence-corrected chi connectivity index (χ3v) is 14.1. The largest absolute Gasteiger partial charge is 0.488 e. The Kier molecular flexibility index (Phi) is 27.4. The number of nitrogens with zero attached hydrogens (tertiary/aromatic N) is 4. The lowest BCUT2D eigenvalue weighted by Gasteiger charge is -2.23. The number of fused-ring (bicyclic) bond motifs is 2. The highest BCUT2D eigenvalue weighted by Crippen LogP contribution is 2.34. The van der Waals surface area contributed by atoms with Gasteiger partial charge in [-0.2, -0.15) is 0 Å². The van der Waals surface area contributed by atoms with Gasteiger partial charge in [0.25, 0.3) is 0 Å². The van der Waals surface area contributed by atoms with Crippen LogP contribution in [0.15, 0.2) is 171 Å². The summed E-state index contributed by atoms with van der Waals surface area (Å²) >= 11 is 3.46. The molecule has 484 valence electrons. The van der Waals surface area contributed by atoms with Crippen molar-refractivity contribution in [2.24, 2.45) is 9.98 Å². The predicted octanol–water partition coefficient (Wildman–Crippen LogP) is 13.9. The lowest BCUT2D eigenvalue weighted by Crippen LogP contribution is -2.38. The normalized spacial score (nSPS) is 12.4. The van der Waals surface area contributed by atoms with Crippen LogP contribution < -0.4 is 16.1 Å². The van der Waals surface area contributed by atoms with E-state index in [1.54, 1.807) is 53.7 Å². The lowest BCUT2D eigenvalue weighted by molar-refractivity contribution is -0.128. The molecular formula is C72H84BBrN6O12. The number of aliphatic imine (C=N–C) groups is 2.